The number of hydrogen-bond acceptors (Lipinski definition) is 3. The fraction of sp³-hybridized carbons (Fsp3) is 0.300. The lowest BCUT2D eigenvalue weighted by atomic mass is 10.3. The molecule has 0 heterocycles. The van der Waals surface area contributed by atoms with Crippen LogP contribution in [-0.2, 0) is 9.53 Å². The molecule has 0 N–H and O–H groups in total. The van der Waals surface area contributed by atoms with Crippen molar-refractivity contribution < 1.29 is 27.4 Å². The van der Waals surface area contributed by atoms with Gasteiger partial charge in [-0.3, -0.25) is 0 Å². The predicted octanol–water partition coefficient (Wildman–Crippen LogP) is 2.59. The molecular weight excluding hydrogens is 261 g/mol. The van der Waals surface area contributed by atoms with E-state index in [1.807, 2.05) is 0 Å². The second-order valence-corrected chi connectivity index (χ2v) is 2.89. The van der Waals surface area contributed by atoms with Gasteiger partial charge in [-0.1, -0.05) is 18.2 Å². The van der Waals surface area contributed by atoms with Crippen LogP contribution in [0, 0.1) is 0 Å². The second-order valence-electron chi connectivity index (χ2n) is 2.89. The molecule has 1 rings (SSSR count). The molecule has 1 aromatic rings. The van der Waals surface area contributed by atoms with Crippen LogP contribution in [0.2, 0.25) is 0 Å². The van der Waals surface area contributed by atoms with Crippen molar-refractivity contribution >= 4 is 18.4 Å². The molecule has 17 heavy (non-hydrogen) atoms. The van der Waals surface area contributed by atoms with E-state index in [2.05, 4.69) is 9.47 Å². The summed E-state index contributed by atoms with van der Waals surface area (Å²) in [6, 6.07) is 7.48. The summed E-state index contributed by atoms with van der Waals surface area (Å²) in [6.07, 6.45) is -7.34. The summed E-state index contributed by atoms with van der Waals surface area (Å²) in [4.78, 5) is 11.1. The Labute approximate surface area is 102 Å². The van der Waals surface area contributed by atoms with Gasteiger partial charge in [-0.15, -0.1) is 12.4 Å². The highest BCUT2D eigenvalue weighted by Crippen LogP contribution is 2.24. The first-order valence-electron chi connectivity index (χ1n) is 4.31. The van der Waals surface area contributed by atoms with Gasteiger partial charge in [0, 0.05) is 7.11 Å². The van der Waals surface area contributed by atoms with E-state index in [0.717, 1.165) is 7.11 Å². The summed E-state index contributed by atoms with van der Waals surface area (Å²) in [7, 11) is 0.796. The van der Waals surface area contributed by atoms with Crippen LogP contribution in [-0.4, -0.2) is 25.4 Å². The van der Waals surface area contributed by atoms with Crippen LogP contribution in [0.4, 0.5) is 13.2 Å². The van der Waals surface area contributed by atoms with E-state index in [0.29, 0.717) is 0 Å². The van der Waals surface area contributed by atoms with Crippen LogP contribution >= 0.6 is 12.4 Å². The van der Waals surface area contributed by atoms with Crippen LogP contribution in [0.3, 0.4) is 0 Å². The molecule has 0 aliphatic heterocycles. The molecule has 0 radical (unpaired) electrons. The van der Waals surface area contributed by atoms with Gasteiger partial charge in [0.15, 0.2) is 0 Å². The number of halogens is 4. The number of benzene rings is 1. The first-order valence-corrected chi connectivity index (χ1v) is 4.31. The molecule has 0 unspecified atom stereocenters. The summed E-state index contributed by atoms with van der Waals surface area (Å²) in [5, 5.41) is 0. The van der Waals surface area contributed by atoms with E-state index in [-0.39, 0.29) is 18.2 Å². The Hall–Kier alpha value is -1.27. The number of carbonyl (C=O) groups excluding carboxylic acids is 1. The Kier molecular flexibility index (Phi) is 5.98. The molecule has 0 spiro atoms. The average Bonchev–Trinajstić information content (AvgIpc) is 2.17. The van der Waals surface area contributed by atoms with Crippen LogP contribution in [0.5, 0.6) is 5.75 Å². The third-order valence-corrected chi connectivity index (χ3v) is 1.71. The van der Waals surface area contributed by atoms with Crippen LogP contribution in [0.15, 0.2) is 30.3 Å². The van der Waals surface area contributed by atoms with Gasteiger partial charge in [0.05, 0.1) is 0 Å². The molecule has 1 aromatic carbocycles. The van der Waals surface area contributed by atoms with Crippen molar-refractivity contribution in [2.24, 2.45) is 0 Å². The van der Waals surface area contributed by atoms with E-state index in [1.165, 1.54) is 24.3 Å². The number of ether oxygens (including phenoxy) is 2. The minimum absolute atomic E-state index is 0. The van der Waals surface area contributed by atoms with Crippen LogP contribution in [0.1, 0.15) is 0 Å². The topological polar surface area (TPSA) is 35.5 Å². The minimum atomic E-state index is -4.78. The largest absolute Gasteiger partial charge is 0.425 e. The smallest absolute Gasteiger partial charge is 0.424 e. The third kappa shape index (κ3) is 4.62. The zero-order valence-electron chi connectivity index (χ0n) is 8.73. The van der Waals surface area contributed by atoms with Gasteiger partial charge in [0.2, 0.25) is 0 Å². The Bertz CT molecular complexity index is 354. The van der Waals surface area contributed by atoms with Crippen LogP contribution in [0.25, 0.3) is 0 Å². The number of methoxy groups -OCH3 is 1. The highest BCUT2D eigenvalue weighted by atomic mass is 35.5. The maximum atomic E-state index is 12.2. The number of esters is 1. The first-order chi connectivity index (χ1) is 7.45. The van der Waals surface area contributed by atoms with Crippen molar-refractivity contribution in [2.45, 2.75) is 12.3 Å². The molecule has 0 bridgehead atoms. The summed E-state index contributed by atoms with van der Waals surface area (Å²) < 4.78 is 45.3. The lowest BCUT2D eigenvalue weighted by Gasteiger charge is -2.16. The van der Waals surface area contributed by atoms with Gasteiger partial charge < -0.3 is 9.47 Å². The monoisotopic (exact) mass is 270 g/mol. The number of carbonyl (C=O) groups is 1. The quantitative estimate of drug-likeness (QED) is 0.626. The highest BCUT2D eigenvalue weighted by molar-refractivity contribution is 5.85. The van der Waals surface area contributed by atoms with Gasteiger partial charge in [0.25, 0.3) is 6.10 Å². The number of alkyl halides is 3. The molecule has 0 aliphatic rings. The molecule has 0 fully saturated rings. The Morgan fingerprint density at radius 2 is 1.76 bits per heavy atom. The van der Waals surface area contributed by atoms with E-state index < -0.39 is 18.2 Å². The van der Waals surface area contributed by atoms with Gasteiger partial charge in [-0.2, -0.15) is 13.2 Å². The molecule has 96 valence electrons. The molecule has 3 nitrogen and oxygen atoms in total. The van der Waals surface area contributed by atoms with Crippen molar-refractivity contribution in [3.63, 3.8) is 0 Å². The van der Waals surface area contributed by atoms with Crippen molar-refractivity contribution in [3.8, 4) is 5.75 Å². The maximum Gasteiger partial charge on any atom is 0.425 e. The molecule has 0 aromatic heterocycles. The predicted molar refractivity (Wildman–Crippen MR) is 56.2 cm³/mol. The molecule has 0 saturated heterocycles. The third-order valence-electron chi connectivity index (χ3n) is 1.71. The molecule has 0 aliphatic carbocycles. The van der Waals surface area contributed by atoms with Crippen LogP contribution < -0.4 is 4.74 Å². The number of para-hydroxylation sites is 1. The van der Waals surface area contributed by atoms with Crippen molar-refractivity contribution in [2.75, 3.05) is 7.11 Å². The van der Waals surface area contributed by atoms with E-state index in [1.54, 1.807) is 6.07 Å². The van der Waals surface area contributed by atoms with E-state index in [4.69, 9.17) is 0 Å². The van der Waals surface area contributed by atoms with Gasteiger partial charge in [0.1, 0.15) is 5.75 Å². The summed E-state index contributed by atoms with van der Waals surface area (Å²) >= 11 is 0. The van der Waals surface area contributed by atoms with Gasteiger partial charge >= 0.3 is 12.1 Å². The second kappa shape index (κ2) is 6.46. The Morgan fingerprint density at radius 3 is 2.18 bits per heavy atom. The van der Waals surface area contributed by atoms with Crippen molar-refractivity contribution in [3.05, 3.63) is 30.3 Å². The minimum Gasteiger partial charge on any atom is -0.424 e. The summed E-state index contributed by atoms with van der Waals surface area (Å²) in [5.41, 5.74) is 0. The zero-order chi connectivity index (χ0) is 12.2. The molecule has 0 amide bonds. The van der Waals surface area contributed by atoms with E-state index in [9.17, 15) is 18.0 Å². The van der Waals surface area contributed by atoms with Crippen molar-refractivity contribution in [1.29, 1.82) is 0 Å². The summed E-state index contributed by atoms with van der Waals surface area (Å²) in [5.74, 6) is -1.44. The highest BCUT2D eigenvalue weighted by Gasteiger charge is 2.46. The molecular formula is C10H10ClF3O3. The normalized spacial score (nSPS) is 12.5. The zero-order valence-corrected chi connectivity index (χ0v) is 9.55. The standard InChI is InChI=1S/C10H9F3O3.ClH/c1-15-8(10(11,12)13)9(14)16-7-5-3-2-4-6-7;/h2-6,8H,1H3;1H/t8-;/m1./s1. The van der Waals surface area contributed by atoms with Gasteiger partial charge in [-0.05, 0) is 12.1 Å². The Morgan fingerprint density at radius 1 is 1.24 bits per heavy atom. The molecule has 7 heteroatoms. The molecule has 0 saturated carbocycles. The lowest BCUT2D eigenvalue weighted by Crippen LogP contribution is -2.40. The lowest BCUT2D eigenvalue weighted by molar-refractivity contribution is -0.219. The Balaban J connectivity index is 0.00000256. The fourth-order valence-electron chi connectivity index (χ4n) is 1.02. The number of hydrogen-bond donors (Lipinski definition) is 0. The number of rotatable bonds is 3. The average molecular weight is 271 g/mol. The van der Waals surface area contributed by atoms with Gasteiger partial charge in [-0.25, -0.2) is 4.79 Å². The summed E-state index contributed by atoms with van der Waals surface area (Å²) in [6.45, 7) is 0. The molecule has 1 atom stereocenters. The first kappa shape index (κ1) is 15.7. The SMILES string of the molecule is CO[C@H](C(=O)Oc1ccccc1)C(F)(F)F.Cl. The van der Waals surface area contributed by atoms with Crippen molar-refractivity contribution in [1.82, 2.24) is 0 Å². The van der Waals surface area contributed by atoms with E-state index >= 15 is 0 Å². The maximum absolute atomic E-state index is 12.2. The fourth-order valence-corrected chi connectivity index (χ4v) is 1.02.